The van der Waals surface area contributed by atoms with Gasteiger partial charge in [0.15, 0.2) is 0 Å². The lowest BCUT2D eigenvalue weighted by atomic mass is 10.1. The van der Waals surface area contributed by atoms with Crippen LogP contribution in [-0.2, 0) is 0 Å². The summed E-state index contributed by atoms with van der Waals surface area (Å²) in [5, 5.41) is 7.28. The van der Waals surface area contributed by atoms with E-state index in [2.05, 4.69) is 26.8 Å². The fourth-order valence-corrected chi connectivity index (χ4v) is 4.47. The predicted octanol–water partition coefficient (Wildman–Crippen LogP) is 4.49. The summed E-state index contributed by atoms with van der Waals surface area (Å²) in [7, 11) is 0. The number of aromatic nitrogens is 2. The third-order valence-electron chi connectivity index (χ3n) is 4.27. The van der Waals surface area contributed by atoms with Gasteiger partial charge in [0.2, 0.25) is 0 Å². The number of aromatic amines is 1. The molecule has 1 amide bonds. The third-order valence-corrected chi connectivity index (χ3v) is 5.74. The molecule has 0 unspecified atom stereocenters. The lowest BCUT2D eigenvalue weighted by Gasteiger charge is -2.23. The standard InChI is InChI=1S/C17H17N3OS2/c1-11-19-15(10-23-11)13-7-14(18-8-13)17(21)20-5-2-3-16(20)12-4-6-22-9-12/h4,6-10,16,18H,2-3,5H2,1H3/t16-/m1/s1. The first-order chi connectivity index (χ1) is 11.2. The molecule has 1 fully saturated rings. The van der Waals surface area contributed by atoms with Crippen LogP contribution in [0.5, 0.6) is 0 Å². The molecule has 1 atom stereocenters. The van der Waals surface area contributed by atoms with Gasteiger partial charge in [0.05, 0.1) is 16.7 Å². The Morgan fingerprint density at radius 1 is 1.43 bits per heavy atom. The molecule has 1 aliphatic rings. The van der Waals surface area contributed by atoms with Gasteiger partial charge in [0.1, 0.15) is 5.69 Å². The van der Waals surface area contributed by atoms with Crippen LogP contribution in [0, 0.1) is 6.92 Å². The van der Waals surface area contributed by atoms with Crippen molar-refractivity contribution in [2.45, 2.75) is 25.8 Å². The molecule has 118 valence electrons. The maximum atomic E-state index is 12.9. The normalized spacial score (nSPS) is 17.8. The fourth-order valence-electron chi connectivity index (χ4n) is 3.14. The molecule has 23 heavy (non-hydrogen) atoms. The molecule has 4 rings (SSSR count). The van der Waals surface area contributed by atoms with Crippen molar-refractivity contribution in [1.82, 2.24) is 14.9 Å². The van der Waals surface area contributed by atoms with Gasteiger partial charge in [-0.2, -0.15) is 11.3 Å². The van der Waals surface area contributed by atoms with Crippen molar-refractivity contribution >= 4 is 28.6 Å². The summed E-state index contributed by atoms with van der Waals surface area (Å²) in [5.74, 6) is 0.0805. The number of H-pyrrole nitrogens is 1. The second-order valence-corrected chi connectivity index (χ2v) is 7.61. The van der Waals surface area contributed by atoms with Crippen LogP contribution in [-0.4, -0.2) is 27.3 Å². The van der Waals surface area contributed by atoms with Gasteiger partial charge in [-0.15, -0.1) is 11.3 Å². The molecule has 0 aliphatic carbocycles. The summed E-state index contributed by atoms with van der Waals surface area (Å²) in [6.07, 6.45) is 3.98. The number of thiophene rings is 1. The van der Waals surface area contributed by atoms with E-state index in [9.17, 15) is 4.79 Å². The maximum Gasteiger partial charge on any atom is 0.270 e. The number of amides is 1. The molecular weight excluding hydrogens is 326 g/mol. The number of likely N-dealkylation sites (tertiary alicyclic amines) is 1. The lowest BCUT2D eigenvalue weighted by Crippen LogP contribution is -2.30. The van der Waals surface area contributed by atoms with E-state index in [1.165, 1.54) is 5.56 Å². The van der Waals surface area contributed by atoms with Gasteiger partial charge in [0.25, 0.3) is 5.91 Å². The van der Waals surface area contributed by atoms with Gasteiger partial charge in [-0.3, -0.25) is 4.79 Å². The Bertz CT molecular complexity index is 819. The van der Waals surface area contributed by atoms with Crippen LogP contribution in [0.15, 0.2) is 34.5 Å². The van der Waals surface area contributed by atoms with Crippen molar-refractivity contribution < 1.29 is 4.79 Å². The van der Waals surface area contributed by atoms with Crippen LogP contribution < -0.4 is 0 Å². The van der Waals surface area contributed by atoms with Crippen LogP contribution >= 0.6 is 22.7 Å². The van der Waals surface area contributed by atoms with Crippen molar-refractivity contribution in [3.63, 3.8) is 0 Å². The molecular formula is C17H17N3OS2. The van der Waals surface area contributed by atoms with Crippen LogP contribution in [0.2, 0.25) is 0 Å². The predicted molar refractivity (Wildman–Crippen MR) is 94.0 cm³/mol. The monoisotopic (exact) mass is 343 g/mol. The zero-order valence-corrected chi connectivity index (χ0v) is 14.4. The highest BCUT2D eigenvalue weighted by molar-refractivity contribution is 7.09. The Kier molecular flexibility index (Phi) is 3.79. The van der Waals surface area contributed by atoms with Crippen LogP contribution in [0.4, 0.5) is 0 Å². The Balaban J connectivity index is 1.58. The number of thiazole rings is 1. The number of nitrogens with zero attached hydrogens (tertiary/aromatic N) is 2. The number of nitrogens with one attached hydrogen (secondary N) is 1. The van der Waals surface area contributed by atoms with Crippen LogP contribution in [0.3, 0.4) is 0 Å². The molecule has 3 aromatic rings. The smallest absolute Gasteiger partial charge is 0.270 e. The minimum atomic E-state index is 0.0805. The molecule has 4 heterocycles. The van der Waals surface area contributed by atoms with Gasteiger partial charge in [-0.05, 0) is 48.2 Å². The van der Waals surface area contributed by atoms with E-state index < -0.39 is 0 Å². The van der Waals surface area contributed by atoms with Crippen molar-refractivity contribution in [1.29, 1.82) is 0 Å². The molecule has 0 spiro atoms. The fraction of sp³-hybridized carbons (Fsp3) is 0.294. The van der Waals surface area contributed by atoms with Crippen LogP contribution in [0.25, 0.3) is 11.3 Å². The van der Waals surface area contributed by atoms with Gasteiger partial charge in [-0.1, -0.05) is 0 Å². The summed E-state index contributed by atoms with van der Waals surface area (Å²) in [5.41, 5.74) is 3.80. The van der Waals surface area contributed by atoms with Gasteiger partial charge in [-0.25, -0.2) is 4.98 Å². The summed E-state index contributed by atoms with van der Waals surface area (Å²) >= 11 is 3.31. The number of hydrogen-bond donors (Lipinski definition) is 1. The zero-order chi connectivity index (χ0) is 15.8. The molecule has 0 radical (unpaired) electrons. The van der Waals surface area contributed by atoms with E-state index in [1.54, 1.807) is 22.7 Å². The number of aryl methyl sites for hydroxylation is 1. The third kappa shape index (κ3) is 2.72. The molecule has 1 N–H and O–H groups in total. The molecule has 0 bridgehead atoms. The van der Waals surface area contributed by atoms with E-state index in [-0.39, 0.29) is 11.9 Å². The second kappa shape index (κ2) is 5.94. The largest absolute Gasteiger partial charge is 0.357 e. The minimum absolute atomic E-state index is 0.0805. The first-order valence-electron chi connectivity index (χ1n) is 7.66. The number of hydrogen-bond acceptors (Lipinski definition) is 4. The van der Waals surface area contributed by atoms with Crippen molar-refractivity contribution in [3.8, 4) is 11.3 Å². The van der Waals surface area contributed by atoms with Gasteiger partial charge < -0.3 is 9.88 Å². The first kappa shape index (κ1) is 14.7. The lowest BCUT2D eigenvalue weighted by molar-refractivity contribution is 0.0730. The molecule has 4 nitrogen and oxygen atoms in total. The van der Waals surface area contributed by atoms with E-state index in [4.69, 9.17) is 0 Å². The maximum absolute atomic E-state index is 12.9. The average Bonchev–Trinajstić information content (AvgIpc) is 3.31. The number of carbonyl (C=O) groups is 1. The van der Waals surface area contributed by atoms with E-state index in [0.29, 0.717) is 5.69 Å². The highest BCUT2D eigenvalue weighted by Gasteiger charge is 2.31. The van der Waals surface area contributed by atoms with E-state index in [0.717, 1.165) is 35.7 Å². The van der Waals surface area contributed by atoms with Crippen LogP contribution in [0.1, 0.15) is 39.9 Å². The van der Waals surface area contributed by atoms with Crippen molar-refractivity contribution in [3.05, 3.63) is 50.7 Å². The van der Waals surface area contributed by atoms with E-state index in [1.807, 2.05) is 29.5 Å². The van der Waals surface area contributed by atoms with Gasteiger partial charge in [0, 0.05) is 23.7 Å². The highest BCUT2D eigenvalue weighted by Crippen LogP contribution is 2.34. The quantitative estimate of drug-likeness (QED) is 0.762. The topological polar surface area (TPSA) is 49.0 Å². The molecule has 6 heteroatoms. The van der Waals surface area contributed by atoms with E-state index >= 15 is 0 Å². The zero-order valence-electron chi connectivity index (χ0n) is 12.8. The number of carbonyl (C=O) groups excluding carboxylic acids is 1. The highest BCUT2D eigenvalue weighted by atomic mass is 32.1. The Hall–Kier alpha value is -1.92. The van der Waals surface area contributed by atoms with Crippen molar-refractivity contribution in [2.75, 3.05) is 6.54 Å². The Morgan fingerprint density at radius 3 is 3.09 bits per heavy atom. The summed E-state index contributed by atoms with van der Waals surface area (Å²) in [6, 6.07) is 4.25. The summed E-state index contributed by atoms with van der Waals surface area (Å²) < 4.78 is 0. The molecule has 0 aromatic carbocycles. The second-order valence-electron chi connectivity index (χ2n) is 5.77. The number of rotatable bonds is 3. The summed E-state index contributed by atoms with van der Waals surface area (Å²) in [4.78, 5) is 22.5. The Morgan fingerprint density at radius 2 is 2.35 bits per heavy atom. The Labute approximate surface area is 142 Å². The summed E-state index contributed by atoms with van der Waals surface area (Å²) in [6.45, 7) is 2.81. The van der Waals surface area contributed by atoms with Crippen molar-refractivity contribution in [2.24, 2.45) is 0 Å². The van der Waals surface area contributed by atoms with Gasteiger partial charge >= 0.3 is 0 Å². The molecule has 0 saturated carbocycles. The molecule has 1 aliphatic heterocycles. The molecule has 3 aromatic heterocycles. The molecule has 1 saturated heterocycles. The SMILES string of the molecule is Cc1nc(-c2c[nH]c(C(=O)N3CCC[C@@H]3c3ccsc3)c2)cs1. The average molecular weight is 343 g/mol. The first-order valence-corrected chi connectivity index (χ1v) is 9.48. The minimum Gasteiger partial charge on any atom is -0.357 e.